The van der Waals surface area contributed by atoms with E-state index in [0.717, 1.165) is 34.4 Å². The molecule has 0 aromatic heterocycles. The molecule has 0 fully saturated rings. The zero-order valence-electron chi connectivity index (χ0n) is 17.2. The number of aliphatic hydroxyl groups excluding tert-OH is 1. The van der Waals surface area contributed by atoms with E-state index in [9.17, 15) is 23.1 Å². The minimum absolute atomic E-state index is 0.0355. The van der Waals surface area contributed by atoms with E-state index in [0.29, 0.717) is 0 Å². The summed E-state index contributed by atoms with van der Waals surface area (Å²) < 4.78 is 45.3. The SMILES string of the molecule is O=C(NCC(CO)Cc1cc(F)c(F)c(F)c1)OCC1c2ccccc2-c2ccccc21. The van der Waals surface area contributed by atoms with Gasteiger partial charge in [-0.05, 0) is 46.4 Å². The van der Waals surface area contributed by atoms with Gasteiger partial charge in [-0.1, -0.05) is 48.5 Å². The Balaban J connectivity index is 1.34. The molecule has 32 heavy (non-hydrogen) atoms. The summed E-state index contributed by atoms with van der Waals surface area (Å²) in [5, 5.41) is 12.1. The molecule has 166 valence electrons. The normalized spacial score (nSPS) is 13.4. The fourth-order valence-corrected chi connectivity index (χ4v) is 4.14. The van der Waals surface area contributed by atoms with Gasteiger partial charge < -0.3 is 15.2 Å². The van der Waals surface area contributed by atoms with E-state index >= 15 is 0 Å². The number of fused-ring (bicyclic) bond motifs is 3. The van der Waals surface area contributed by atoms with Crippen molar-refractivity contribution in [3.8, 4) is 11.1 Å². The van der Waals surface area contributed by atoms with Gasteiger partial charge in [0.2, 0.25) is 0 Å². The van der Waals surface area contributed by atoms with Crippen molar-refractivity contribution < 1.29 is 27.8 Å². The topological polar surface area (TPSA) is 58.6 Å². The maximum Gasteiger partial charge on any atom is 0.407 e. The lowest BCUT2D eigenvalue weighted by Crippen LogP contribution is -2.33. The third-order valence-corrected chi connectivity index (χ3v) is 5.70. The molecule has 3 aromatic carbocycles. The zero-order valence-corrected chi connectivity index (χ0v) is 17.2. The molecule has 7 heteroatoms. The monoisotopic (exact) mass is 441 g/mol. The highest BCUT2D eigenvalue weighted by Gasteiger charge is 2.29. The van der Waals surface area contributed by atoms with Crippen LogP contribution < -0.4 is 5.32 Å². The Morgan fingerprint density at radius 3 is 2.09 bits per heavy atom. The maximum atomic E-state index is 13.4. The molecule has 0 aliphatic heterocycles. The summed E-state index contributed by atoms with van der Waals surface area (Å²) >= 11 is 0. The second-order valence-corrected chi connectivity index (χ2v) is 7.83. The Morgan fingerprint density at radius 2 is 1.53 bits per heavy atom. The number of halogens is 3. The molecule has 1 aliphatic carbocycles. The lowest BCUT2D eigenvalue weighted by molar-refractivity contribution is 0.138. The Morgan fingerprint density at radius 1 is 0.969 bits per heavy atom. The first-order valence-electron chi connectivity index (χ1n) is 10.3. The number of nitrogens with one attached hydrogen (secondary N) is 1. The second kappa shape index (κ2) is 9.44. The van der Waals surface area contributed by atoms with Crippen molar-refractivity contribution in [1.29, 1.82) is 0 Å². The van der Waals surface area contributed by atoms with E-state index in [1.807, 2.05) is 48.5 Å². The zero-order chi connectivity index (χ0) is 22.7. The molecular formula is C25H22F3NO3. The first-order chi connectivity index (χ1) is 15.5. The Bertz CT molecular complexity index is 1070. The van der Waals surface area contributed by atoms with Crippen LogP contribution in [0.4, 0.5) is 18.0 Å². The third-order valence-electron chi connectivity index (χ3n) is 5.70. The lowest BCUT2D eigenvalue weighted by Gasteiger charge is -2.17. The summed E-state index contributed by atoms with van der Waals surface area (Å²) in [7, 11) is 0. The van der Waals surface area contributed by atoms with Crippen LogP contribution in [-0.2, 0) is 11.2 Å². The van der Waals surface area contributed by atoms with Crippen LogP contribution in [0.1, 0.15) is 22.6 Å². The molecule has 4 rings (SSSR count). The molecule has 0 bridgehead atoms. The fraction of sp³-hybridized carbons (Fsp3) is 0.240. The molecule has 2 N–H and O–H groups in total. The van der Waals surface area contributed by atoms with Crippen LogP contribution >= 0.6 is 0 Å². The first kappa shape index (κ1) is 21.9. The largest absolute Gasteiger partial charge is 0.449 e. The van der Waals surface area contributed by atoms with Crippen molar-refractivity contribution in [2.75, 3.05) is 19.8 Å². The summed E-state index contributed by atoms with van der Waals surface area (Å²) in [5.41, 5.74) is 4.62. The van der Waals surface area contributed by atoms with E-state index in [-0.39, 0.29) is 37.7 Å². The van der Waals surface area contributed by atoms with Gasteiger partial charge in [0.25, 0.3) is 0 Å². The summed E-state index contributed by atoms with van der Waals surface area (Å²) in [6, 6.07) is 17.7. The predicted octanol–water partition coefficient (Wildman–Crippen LogP) is 4.79. The Kier molecular flexibility index (Phi) is 6.46. The van der Waals surface area contributed by atoms with Crippen LogP contribution in [-0.4, -0.2) is 31.0 Å². The average Bonchev–Trinajstić information content (AvgIpc) is 3.12. The molecule has 0 saturated carbocycles. The summed E-state index contributed by atoms with van der Waals surface area (Å²) in [4.78, 5) is 12.3. The number of hydrogen-bond donors (Lipinski definition) is 2. The molecule has 1 amide bonds. The number of alkyl carbamates (subject to hydrolysis) is 1. The smallest absolute Gasteiger partial charge is 0.407 e. The molecular weight excluding hydrogens is 419 g/mol. The highest BCUT2D eigenvalue weighted by atomic mass is 19.2. The van der Waals surface area contributed by atoms with E-state index in [4.69, 9.17) is 4.74 Å². The van der Waals surface area contributed by atoms with E-state index in [1.165, 1.54) is 0 Å². The average molecular weight is 441 g/mol. The molecule has 1 aliphatic rings. The quantitative estimate of drug-likeness (QED) is 0.518. The molecule has 0 heterocycles. The first-order valence-corrected chi connectivity index (χ1v) is 10.3. The fourth-order valence-electron chi connectivity index (χ4n) is 4.14. The molecule has 0 radical (unpaired) electrons. The van der Waals surface area contributed by atoms with Crippen molar-refractivity contribution in [2.45, 2.75) is 12.3 Å². The number of carbonyl (C=O) groups is 1. The predicted molar refractivity (Wildman–Crippen MR) is 114 cm³/mol. The van der Waals surface area contributed by atoms with E-state index < -0.39 is 29.5 Å². The summed E-state index contributed by atoms with van der Waals surface area (Å²) in [6.07, 6.45) is -0.587. The van der Waals surface area contributed by atoms with Gasteiger partial charge in [-0.3, -0.25) is 0 Å². The van der Waals surface area contributed by atoms with Crippen LogP contribution in [0.5, 0.6) is 0 Å². The minimum atomic E-state index is -1.54. The van der Waals surface area contributed by atoms with Crippen molar-refractivity contribution >= 4 is 6.09 Å². The Hall–Kier alpha value is -3.32. The van der Waals surface area contributed by atoms with Crippen LogP contribution in [0, 0.1) is 23.4 Å². The number of amides is 1. The second-order valence-electron chi connectivity index (χ2n) is 7.83. The number of rotatable bonds is 7. The van der Waals surface area contributed by atoms with E-state index in [2.05, 4.69) is 5.32 Å². The standard InChI is InChI=1S/C25H22F3NO3/c26-22-10-15(11-23(27)24(22)28)9-16(13-30)12-29-25(31)32-14-21-19-7-3-1-5-17(19)18-6-2-4-8-20(18)21/h1-8,10-11,16,21,30H,9,12-14H2,(H,29,31). The number of ether oxygens (including phenoxy) is 1. The number of carbonyl (C=O) groups excluding carboxylic acids is 1. The molecule has 0 spiro atoms. The summed E-state index contributed by atoms with van der Waals surface area (Å²) in [6.45, 7) is -0.143. The van der Waals surface area contributed by atoms with Gasteiger partial charge in [0.15, 0.2) is 17.5 Å². The molecule has 1 unspecified atom stereocenters. The van der Waals surface area contributed by atoms with Gasteiger partial charge in [-0.15, -0.1) is 0 Å². The van der Waals surface area contributed by atoms with Gasteiger partial charge in [-0.2, -0.15) is 0 Å². The van der Waals surface area contributed by atoms with Crippen LogP contribution in [0.25, 0.3) is 11.1 Å². The van der Waals surface area contributed by atoms with Gasteiger partial charge in [-0.25, -0.2) is 18.0 Å². The van der Waals surface area contributed by atoms with Gasteiger partial charge in [0, 0.05) is 25.0 Å². The van der Waals surface area contributed by atoms with Gasteiger partial charge in [0.1, 0.15) is 6.61 Å². The lowest BCUT2D eigenvalue weighted by atomic mass is 9.98. The van der Waals surface area contributed by atoms with Crippen LogP contribution in [0.2, 0.25) is 0 Å². The maximum absolute atomic E-state index is 13.4. The molecule has 1 atom stereocenters. The van der Waals surface area contributed by atoms with E-state index in [1.54, 1.807) is 0 Å². The van der Waals surface area contributed by atoms with Crippen molar-refractivity contribution in [3.63, 3.8) is 0 Å². The van der Waals surface area contributed by atoms with Crippen LogP contribution in [0.15, 0.2) is 60.7 Å². The molecule has 3 aromatic rings. The third kappa shape index (κ3) is 4.48. The minimum Gasteiger partial charge on any atom is -0.449 e. The molecule has 4 nitrogen and oxygen atoms in total. The van der Waals surface area contributed by atoms with Crippen molar-refractivity contribution in [1.82, 2.24) is 5.32 Å². The number of hydrogen-bond acceptors (Lipinski definition) is 3. The van der Waals surface area contributed by atoms with Crippen molar-refractivity contribution in [2.24, 2.45) is 5.92 Å². The number of benzene rings is 3. The highest BCUT2D eigenvalue weighted by molar-refractivity contribution is 5.79. The Labute approximate surface area is 183 Å². The van der Waals surface area contributed by atoms with Crippen LogP contribution in [0.3, 0.4) is 0 Å². The number of aliphatic hydroxyl groups is 1. The molecule has 0 saturated heterocycles. The van der Waals surface area contributed by atoms with Crippen molar-refractivity contribution in [3.05, 3.63) is 94.8 Å². The summed E-state index contributed by atoms with van der Waals surface area (Å²) in [5.74, 6) is -4.71. The highest BCUT2D eigenvalue weighted by Crippen LogP contribution is 2.44. The van der Waals surface area contributed by atoms with Gasteiger partial charge >= 0.3 is 6.09 Å². The van der Waals surface area contributed by atoms with Gasteiger partial charge in [0.05, 0.1) is 0 Å².